The van der Waals surface area contributed by atoms with Gasteiger partial charge in [0.25, 0.3) is 0 Å². The highest BCUT2D eigenvalue weighted by Crippen LogP contribution is 2.38. The highest BCUT2D eigenvalue weighted by atomic mass is 16.2. The molecule has 2 heterocycles. The third kappa shape index (κ3) is 3.98. The molecular formula is C17H33N3O. The van der Waals surface area contributed by atoms with Crippen molar-refractivity contribution in [1.29, 1.82) is 0 Å². The topological polar surface area (TPSA) is 49.6 Å². The van der Waals surface area contributed by atoms with E-state index in [1.54, 1.807) is 0 Å². The Morgan fingerprint density at radius 2 is 1.67 bits per heavy atom. The number of amides is 1. The van der Waals surface area contributed by atoms with E-state index in [2.05, 4.69) is 18.7 Å². The number of rotatable bonds is 6. The van der Waals surface area contributed by atoms with Crippen LogP contribution in [0.4, 0.5) is 0 Å². The van der Waals surface area contributed by atoms with Gasteiger partial charge in [0.05, 0.1) is 0 Å². The van der Waals surface area contributed by atoms with Crippen molar-refractivity contribution in [2.45, 2.75) is 64.8 Å². The molecule has 2 N–H and O–H groups in total. The second-order valence-corrected chi connectivity index (χ2v) is 6.92. The molecule has 4 nitrogen and oxygen atoms in total. The SMILES string of the molecule is CCC1(CC)CCN(C(CN)CC(=O)N2CCCC2)CC1. The Bertz CT molecular complexity index is 325. The van der Waals surface area contributed by atoms with Crippen LogP contribution >= 0.6 is 0 Å². The first-order chi connectivity index (χ1) is 10.1. The van der Waals surface area contributed by atoms with Gasteiger partial charge in [0.15, 0.2) is 0 Å². The summed E-state index contributed by atoms with van der Waals surface area (Å²) in [6, 6.07) is 0.241. The summed E-state index contributed by atoms with van der Waals surface area (Å²) in [5, 5.41) is 0. The van der Waals surface area contributed by atoms with Gasteiger partial charge in [-0.15, -0.1) is 0 Å². The van der Waals surface area contributed by atoms with Crippen LogP contribution in [0, 0.1) is 5.41 Å². The van der Waals surface area contributed by atoms with E-state index < -0.39 is 0 Å². The molecule has 1 unspecified atom stereocenters. The van der Waals surface area contributed by atoms with Gasteiger partial charge in [0.1, 0.15) is 0 Å². The van der Waals surface area contributed by atoms with E-state index >= 15 is 0 Å². The van der Waals surface area contributed by atoms with Crippen LogP contribution in [0.5, 0.6) is 0 Å². The zero-order valence-electron chi connectivity index (χ0n) is 13.9. The van der Waals surface area contributed by atoms with Crippen molar-refractivity contribution in [3.63, 3.8) is 0 Å². The number of carbonyl (C=O) groups is 1. The van der Waals surface area contributed by atoms with Gasteiger partial charge >= 0.3 is 0 Å². The first-order valence-electron chi connectivity index (χ1n) is 8.86. The van der Waals surface area contributed by atoms with Crippen LogP contribution in [0.15, 0.2) is 0 Å². The number of nitrogens with zero attached hydrogens (tertiary/aromatic N) is 2. The fraction of sp³-hybridized carbons (Fsp3) is 0.941. The minimum atomic E-state index is 0.241. The molecule has 0 bridgehead atoms. The molecule has 0 saturated carbocycles. The number of carbonyl (C=O) groups excluding carboxylic acids is 1. The van der Waals surface area contributed by atoms with Gasteiger partial charge in [-0.05, 0) is 44.2 Å². The molecule has 0 spiro atoms. The molecule has 2 fully saturated rings. The number of hydrogen-bond acceptors (Lipinski definition) is 3. The Labute approximate surface area is 130 Å². The van der Waals surface area contributed by atoms with E-state index in [1.807, 2.05) is 4.90 Å². The predicted octanol–water partition coefficient (Wildman–Crippen LogP) is 2.23. The van der Waals surface area contributed by atoms with Gasteiger partial charge in [0.2, 0.25) is 5.91 Å². The van der Waals surface area contributed by atoms with Crippen LogP contribution in [0.3, 0.4) is 0 Å². The third-order valence-electron chi connectivity index (χ3n) is 6.02. The molecule has 0 radical (unpaired) electrons. The molecule has 122 valence electrons. The number of piperidine rings is 1. The summed E-state index contributed by atoms with van der Waals surface area (Å²) < 4.78 is 0. The van der Waals surface area contributed by atoms with E-state index in [9.17, 15) is 4.79 Å². The maximum Gasteiger partial charge on any atom is 0.224 e. The van der Waals surface area contributed by atoms with Crippen molar-refractivity contribution in [1.82, 2.24) is 9.80 Å². The summed E-state index contributed by atoms with van der Waals surface area (Å²) >= 11 is 0. The number of hydrogen-bond donors (Lipinski definition) is 1. The Morgan fingerprint density at radius 1 is 1.10 bits per heavy atom. The highest BCUT2D eigenvalue weighted by Gasteiger charge is 2.34. The van der Waals surface area contributed by atoms with Crippen LogP contribution < -0.4 is 5.73 Å². The van der Waals surface area contributed by atoms with E-state index in [4.69, 9.17) is 5.73 Å². The Morgan fingerprint density at radius 3 is 2.14 bits per heavy atom. The summed E-state index contributed by atoms with van der Waals surface area (Å²) in [7, 11) is 0. The molecule has 0 aromatic carbocycles. The third-order valence-corrected chi connectivity index (χ3v) is 6.02. The van der Waals surface area contributed by atoms with Crippen LogP contribution in [0.25, 0.3) is 0 Å². The first-order valence-corrected chi connectivity index (χ1v) is 8.86. The summed E-state index contributed by atoms with van der Waals surface area (Å²) in [5.41, 5.74) is 6.51. The molecule has 1 atom stereocenters. The van der Waals surface area contributed by atoms with Crippen LogP contribution in [0.2, 0.25) is 0 Å². The average Bonchev–Trinajstić information content (AvgIpc) is 3.07. The van der Waals surface area contributed by atoms with Gasteiger partial charge in [-0.25, -0.2) is 0 Å². The van der Waals surface area contributed by atoms with Crippen LogP contribution in [-0.2, 0) is 4.79 Å². The lowest BCUT2D eigenvalue weighted by Crippen LogP contribution is -2.49. The normalized spacial score (nSPS) is 24.2. The van der Waals surface area contributed by atoms with Gasteiger partial charge in [0, 0.05) is 32.1 Å². The number of nitrogens with two attached hydrogens (primary N) is 1. The fourth-order valence-electron chi connectivity index (χ4n) is 3.98. The number of likely N-dealkylation sites (tertiary alicyclic amines) is 2. The monoisotopic (exact) mass is 295 g/mol. The van der Waals surface area contributed by atoms with Crippen molar-refractivity contribution < 1.29 is 4.79 Å². The highest BCUT2D eigenvalue weighted by molar-refractivity contribution is 5.77. The van der Waals surface area contributed by atoms with Gasteiger partial charge in [-0.1, -0.05) is 26.7 Å². The van der Waals surface area contributed by atoms with E-state index in [-0.39, 0.29) is 6.04 Å². The van der Waals surface area contributed by atoms with Gasteiger partial charge < -0.3 is 10.6 Å². The van der Waals surface area contributed by atoms with Crippen molar-refractivity contribution in [3.05, 3.63) is 0 Å². The second kappa shape index (κ2) is 7.59. The maximum atomic E-state index is 12.3. The summed E-state index contributed by atoms with van der Waals surface area (Å²) in [6.07, 6.45) is 8.01. The lowest BCUT2D eigenvalue weighted by atomic mass is 9.74. The Kier molecular flexibility index (Phi) is 6.06. The smallest absolute Gasteiger partial charge is 0.224 e. The molecule has 4 heteroatoms. The molecule has 2 saturated heterocycles. The summed E-state index contributed by atoms with van der Waals surface area (Å²) in [4.78, 5) is 16.8. The zero-order chi connectivity index (χ0) is 15.3. The van der Waals surface area contributed by atoms with Gasteiger partial charge in [-0.2, -0.15) is 0 Å². The maximum absolute atomic E-state index is 12.3. The van der Waals surface area contributed by atoms with Crippen molar-refractivity contribution in [3.8, 4) is 0 Å². The standard InChI is InChI=1S/C17H33N3O/c1-3-17(4-2)7-11-19(12-8-17)15(14-18)13-16(21)20-9-5-6-10-20/h15H,3-14,18H2,1-2H3. The molecule has 21 heavy (non-hydrogen) atoms. The second-order valence-electron chi connectivity index (χ2n) is 6.92. The average molecular weight is 295 g/mol. The van der Waals surface area contributed by atoms with E-state index in [0.29, 0.717) is 24.3 Å². The minimum Gasteiger partial charge on any atom is -0.343 e. The zero-order valence-corrected chi connectivity index (χ0v) is 13.9. The fourth-order valence-corrected chi connectivity index (χ4v) is 3.98. The minimum absolute atomic E-state index is 0.241. The lowest BCUT2D eigenvalue weighted by molar-refractivity contribution is -0.131. The largest absolute Gasteiger partial charge is 0.343 e. The Hall–Kier alpha value is -0.610. The van der Waals surface area contributed by atoms with Crippen molar-refractivity contribution in [2.75, 3.05) is 32.7 Å². The summed E-state index contributed by atoms with van der Waals surface area (Å²) in [5.74, 6) is 0.311. The molecular weight excluding hydrogens is 262 g/mol. The molecule has 0 aromatic heterocycles. The van der Waals surface area contributed by atoms with Crippen molar-refractivity contribution in [2.24, 2.45) is 11.1 Å². The molecule has 2 aliphatic rings. The van der Waals surface area contributed by atoms with Crippen LogP contribution in [-0.4, -0.2) is 54.5 Å². The molecule has 2 aliphatic heterocycles. The Balaban J connectivity index is 1.86. The van der Waals surface area contributed by atoms with E-state index in [1.165, 1.54) is 25.7 Å². The van der Waals surface area contributed by atoms with Gasteiger partial charge in [-0.3, -0.25) is 9.69 Å². The molecule has 0 aromatic rings. The molecule has 2 rings (SSSR count). The predicted molar refractivity (Wildman–Crippen MR) is 87.1 cm³/mol. The van der Waals surface area contributed by atoms with Crippen LogP contribution in [0.1, 0.15) is 58.8 Å². The molecule has 0 aliphatic carbocycles. The summed E-state index contributed by atoms with van der Waals surface area (Å²) in [6.45, 7) is 9.35. The van der Waals surface area contributed by atoms with Crippen molar-refractivity contribution >= 4 is 5.91 Å². The first kappa shape index (κ1) is 16.8. The lowest BCUT2D eigenvalue weighted by Gasteiger charge is -2.43. The van der Waals surface area contributed by atoms with E-state index in [0.717, 1.165) is 39.0 Å². The quantitative estimate of drug-likeness (QED) is 0.817. The molecule has 1 amide bonds.